The molecular formula is C25H27N7O2. The van der Waals surface area contributed by atoms with Crippen LogP contribution in [0.2, 0.25) is 0 Å². The van der Waals surface area contributed by atoms with E-state index >= 15 is 0 Å². The van der Waals surface area contributed by atoms with Crippen molar-refractivity contribution in [2.45, 2.75) is 38.6 Å². The summed E-state index contributed by atoms with van der Waals surface area (Å²) in [5.74, 6) is 0.856. The van der Waals surface area contributed by atoms with Gasteiger partial charge < -0.3 is 14.9 Å². The molecule has 0 amide bonds. The number of hydrogen-bond acceptors (Lipinski definition) is 8. The van der Waals surface area contributed by atoms with Gasteiger partial charge in [0.05, 0.1) is 42.8 Å². The van der Waals surface area contributed by atoms with Gasteiger partial charge in [0, 0.05) is 30.0 Å². The third-order valence-corrected chi connectivity index (χ3v) is 6.16. The normalized spacial score (nSPS) is 17.6. The van der Waals surface area contributed by atoms with E-state index in [0.29, 0.717) is 19.7 Å². The molecule has 0 bridgehead atoms. The Morgan fingerprint density at radius 2 is 2.15 bits per heavy atom. The molecule has 5 heterocycles. The van der Waals surface area contributed by atoms with Crippen molar-refractivity contribution in [1.82, 2.24) is 25.3 Å². The van der Waals surface area contributed by atoms with Crippen LogP contribution >= 0.6 is 0 Å². The predicted molar refractivity (Wildman–Crippen MR) is 130 cm³/mol. The van der Waals surface area contributed by atoms with Gasteiger partial charge >= 0.3 is 0 Å². The van der Waals surface area contributed by atoms with Crippen molar-refractivity contribution >= 4 is 22.4 Å². The number of rotatable bonds is 7. The second kappa shape index (κ2) is 9.38. The molecule has 9 heteroatoms. The maximum atomic E-state index is 5.83. The highest BCUT2D eigenvalue weighted by molar-refractivity contribution is 5.79. The number of nitrogens with one attached hydrogen (secondary N) is 2. The number of aromatic nitrogens is 4. The molecule has 4 aromatic rings. The number of hydrazine groups is 2. The summed E-state index contributed by atoms with van der Waals surface area (Å²) in [5, 5.41) is 7.63. The van der Waals surface area contributed by atoms with E-state index in [0.717, 1.165) is 53.1 Å². The summed E-state index contributed by atoms with van der Waals surface area (Å²) in [7, 11) is 0. The number of ether oxygens (including phenoxy) is 2. The fraction of sp³-hybridized carbons (Fsp3) is 0.320. The summed E-state index contributed by atoms with van der Waals surface area (Å²) in [5.41, 5.74) is 11.4. The van der Waals surface area contributed by atoms with Crippen LogP contribution in [0, 0.1) is 0 Å². The van der Waals surface area contributed by atoms with Crippen molar-refractivity contribution in [3.05, 3.63) is 66.6 Å². The molecule has 174 valence electrons. The molecule has 6 rings (SSSR count). The number of anilines is 2. The number of nitrogens with zero attached hydrogens (tertiary/aromatic N) is 5. The summed E-state index contributed by atoms with van der Waals surface area (Å²) < 4.78 is 13.4. The number of benzene rings is 1. The largest absolute Gasteiger partial charge is 0.353 e. The van der Waals surface area contributed by atoms with E-state index in [1.807, 2.05) is 46.5 Å². The number of fused-ring (bicyclic) bond motifs is 2. The Labute approximate surface area is 197 Å². The average Bonchev–Trinajstić information content (AvgIpc) is 3.52. The number of pyridine rings is 2. The highest BCUT2D eigenvalue weighted by atomic mass is 16.7. The summed E-state index contributed by atoms with van der Waals surface area (Å²) in [6.07, 6.45) is 8.86. The lowest BCUT2D eigenvalue weighted by Crippen LogP contribution is -2.35. The van der Waals surface area contributed by atoms with Crippen LogP contribution in [0.5, 0.6) is 0 Å². The van der Waals surface area contributed by atoms with Crippen molar-refractivity contribution in [3.8, 4) is 11.3 Å². The SMILES string of the molecule is c1cnc2ccc(CN3NNc4ccc(-c5cnn(CCOC6CCCCO6)c5)nc43)cc2c1. The average molecular weight is 458 g/mol. The van der Waals surface area contributed by atoms with Crippen molar-refractivity contribution in [3.63, 3.8) is 0 Å². The van der Waals surface area contributed by atoms with Gasteiger partial charge in [0.1, 0.15) is 0 Å². The van der Waals surface area contributed by atoms with Crippen LogP contribution in [0.4, 0.5) is 11.5 Å². The summed E-state index contributed by atoms with van der Waals surface area (Å²) in [6.45, 7) is 2.71. The van der Waals surface area contributed by atoms with Gasteiger partial charge in [-0.1, -0.05) is 12.1 Å². The molecule has 1 aromatic carbocycles. The minimum absolute atomic E-state index is 0.0768. The van der Waals surface area contributed by atoms with Gasteiger partial charge in [-0.2, -0.15) is 5.10 Å². The van der Waals surface area contributed by atoms with Crippen molar-refractivity contribution in [2.75, 3.05) is 23.6 Å². The highest BCUT2D eigenvalue weighted by Gasteiger charge is 2.21. The van der Waals surface area contributed by atoms with Crippen LogP contribution in [0.1, 0.15) is 24.8 Å². The topological polar surface area (TPSA) is 89.4 Å². The highest BCUT2D eigenvalue weighted by Crippen LogP contribution is 2.31. The van der Waals surface area contributed by atoms with Gasteiger partial charge in [0.2, 0.25) is 0 Å². The van der Waals surface area contributed by atoms with Crippen LogP contribution in [0.25, 0.3) is 22.2 Å². The first-order chi connectivity index (χ1) is 16.8. The van der Waals surface area contributed by atoms with Crippen molar-refractivity contribution in [1.29, 1.82) is 0 Å². The molecule has 2 aliphatic heterocycles. The fourth-order valence-corrected chi connectivity index (χ4v) is 4.35. The molecular weight excluding hydrogens is 430 g/mol. The minimum Gasteiger partial charge on any atom is -0.353 e. The first kappa shape index (κ1) is 21.0. The zero-order valence-corrected chi connectivity index (χ0v) is 18.9. The Hall–Kier alpha value is -3.53. The Kier molecular flexibility index (Phi) is 5.80. The molecule has 1 saturated heterocycles. The van der Waals surface area contributed by atoms with Crippen LogP contribution in [0.3, 0.4) is 0 Å². The van der Waals surface area contributed by atoms with E-state index in [1.54, 1.807) is 0 Å². The molecule has 3 aromatic heterocycles. The Bertz CT molecular complexity index is 1290. The quantitative estimate of drug-likeness (QED) is 0.432. The Morgan fingerprint density at radius 1 is 1.15 bits per heavy atom. The molecule has 9 nitrogen and oxygen atoms in total. The zero-order valence-electron chi connectivity index (χ0n) is 18.9. The van der Waals surface area contributed by atoms with E-state index in [1.165, 1.54) is 12.0 Å². The molecule has 2 N–H and O–H groups in total. The van der Waals surface area contributed by atoms with Crippen molar-refractivity contribution < 1.29 is 9.47 Å². The Balaban J connectivity index is 1.14. The first-order valence-electron chi connectivity index (χ1n) is 11.7. The summed E-state index contributed by atoms with van der Waals surface area (Å²) in [6, 6.07) is 14.4. The molecule has 0 radical (unpaired) electrons. The molecule has 1 fully saturated rings. The monoisotopic (exact) mass is 457 g/mol. The first-order valence-corrected chi connectivity index (χ1v) is 11.7. The van der Waals surface area contributed by atoms with Gasteiger partial charge in [-0.15, -0.1) is 5.53 Å². The van der Waals surface area contributed by atoms with E-state index < -0.39 is 0 Å². The van der Waals surface area contributed by atoms with E-state index in [-0.39, 0.29) is 6.29 Å². The standard InChI is InChI=1S/C25H27N7O2/c1-2-12-33-24(5-1)34-13-11-31-17-20(15-27-31)22-8-9-23-25(28-22)32(30-29-23)16-18-6-7-21-19(14-18)4-3-10-26-21/h3-4,6-10,14-15,17,24,29-30H,1-2,5,11-13,16H2. The van der Waals surface area contributed by atoms with E-state index in [4.69, 9.17) is 14.5 Å². The van der Waals surface area contributed by atoms with Crippen LogP contribution in [-0.4, -0.2) is 39.3 Å². The third kappa shape index (κ3) is 4.45. The molecule has 0 aliphatic carbocycles. The third-order valence-electron chi connectivity index (χ3n) is 6.16. The Morgan fingerprint density at radius 3 is 3.09 bits per heavy atom. The molecule has 0 spiro atoms. The minimum atomic E-state index is -0.0768. The lowest BCUT2D eigenvalue weighted by atomic mass is 10.1. The second-order valence-corrected chi connectivity index (χ2v) is 8.58. The number of hydrogen-bond donors (Lipinski definition) is 2. The zero-order chi connectivity index (χ0) is 22.7. The molecule has 1 unspecified atom stereocenters. The van der Waals surface area contributed by atoms with Gasteiger partial charge in [-0.05, 0) is 55.2 Å². The molecule has 34 heavy (non-hydrogen) atoms. The maximum Gasteiger partial charge on any atom is 0.170 e. The second-order valence-electron chi connectivity index (χ2n) is 8.58. The maximum absolute atomic E-state index is 5.83. The summed E-state index contributed by atoms with van der Waals surface area (Å²) in [4.78, 5) is 9.32. The van der Waals surface area contributed by atoms with Crippen LogP contribution in [-0.2, 0) is 22.6 Å². The molecule has 1 atom stereocenters. The van der Waals surface area contributed by atoms with Crippen molar-refractivity contribution in [2.24, 2.45) is 0 Å². The summed E-state index contributed by atoms with van der Waals surface area (Å²) >= 11 is 0. The molecule has 0 saturated carbocycles. The van der Waals surface area contributed by atoms with Gasteiger partial charge in [0.15, 0.2) is 12.1 Å². The van der Waals surface area contributed by atoms with Crippen LogP contribution < -0.4 is 16.0 Å². The van der Waals surface area contributed by atoms with E-state index in [9.17, 15) is 0 Å². The van der Waals surface area contributed by atoms with Crippen LogP contribution in [0.15, 0.2) is 61.1 Å². The van der Waals surface area contributed by atoms with Gasteiger partial charge in [-0.3, -0.25) is 14.7 Å². The van der Waals surface area contributed by atoms with Gasteiger partial charge in [0.25, 0.3) is 0 Å². The smallest absolute Gasteiger partial charge is 0.170 e. The predicted octanol–water partition coefficient (Wildman–Crippen LogP) is 3.89. The van der Waals surface area contributed by atoms with E-state index in [2.05, 4.69) is 45.3 Å². The van der Waals surface area contributed by atoms with Gasteiger partial charge in [-0.25, -0.2) is 4.98 Å². The fourth-order valence-electron chi connectivity index (χ4n) is 4.35. The lowest BCUT2D eigenvalue weighted by Gasteiger charge is -2.22. The lowest BCUT2D eigenvalue weighted by molar-refractivity contribution is -0.163. The molecule has 2 aliphatic rings.